The Bertz CT molecular complexity index is 2580. The molecule has 0 saturated carbocycles. The molecule has 27 heteroatoms. The van der Waals surface area contributed by atoms with Gasteiger partial charge in [-0.25, -0.2) is 23.9 Å². The highest BCUT2D eigenvalue weighted by Gasteiger charge is 2.28. The maximum atomic E-state index is 14.0. The molecule has 79 heavy (non-hydrogen) atoms. The maximum Gasteiger partial charge on any atom is 0.326 e. The number of benzene rings is 3. The third-order valence-electron chi connectivity index (χ3n) is 11.6. The zero-order valence-corrected chi connectivity index (χ0v) is 42.8. The molecule has 0 aliphatic carbocycles. The van der Waals surface area contributed by atoms with E-state index in [0.717, 1.165) is 0 Å². The molecule has 0 unspecified atom stereocenters. The van der Waals surface area contributed by atoms with Gasteiger partial charge in [0.25, 0.3) is 0 Å². The van der Waals surface area contributed by atoms with Crippen molar-refractivity contribution in [1.82, 2.24) is 30.9 Å². The van der Waals surface area contributed by atoms with Crippen molar-refractivity contribution in [2.45, 2.75) is 82.5 Å². The minimum absolute atomic E-state index is 0.0468. The highest BCUT2D eigenvalue weighted by molar-refractivity contribution is 6.03. The Kier molecular flexibility index (Phi) is 26.3. The van der Waals surface area contributed by atoms with Gasteiger partial charge in [0, 0.05) is 56.2 Å². The fraction of sp³-hybridized carbons (Fsp3) is 0.423. The number of carbonyl (C=O) groups excluding carboxylic acids is 4. The van der Waals surface area contributed by atoms with Crippen LogP contribution in [0, 0.1) is 5.92 Å². The Morgan fingerprint density at radius 2 is 0.975 bits per heavy atom. The molecule has 4 aromatic rings. The predicted octanol–water partition coefficient (Wildman–Crippen LogP) is 1.32. The summed E-state index contributed by atoms with van der Waals surface area (Å²) in [5, 5.41) is 71.0. The maximum absolute atomic E-state index is 14.0. The molecule has 1 aromatic heterocycles. The molecule has 4 atom stereocenters. The van der Waals surface area contributed by atoms with E-state index in [2.05, 4.69) is 26.3 Å². The van der Waals surface area contributed by atoms with Crippen LogP contribution in [0.4, 0.5) is 4.79 Å². The minimum atomic E-state index is -1.59. The summed E-state index contributed by atoms with van der Waals surface area (Å²) in [6, 6.07) is 11.2. The van der Waals surface area contributed by atoms with E-state index in [4.69, 9.17) is 34.9 Å². The highest BCUT2D eigenvalue weighted by Crippen LogP contribution is 2.21. The van der Waals surface area contributed by atoms with Gasteiger partial charge >= 0.3 is 41.8 Å². The first-order valence-electron chi connectivity index (χ1n) is 24.7. The van der Waals surface area contributed by atoms with E-state index in [0.29, 0.717) is 73.2 Å². The molecular weight excluding hydrogens is 1040 g/mol. The molecule has 0 saturated heterocycles. The fourth-order valence-corrected chi connectivity index (χ4v) is 7.49. The van der Waals surface area contributed by atoms with Crippen LogP contribution in [0.3, 0.4) is 0 Å². The molecule has 3 aromatic carbocycles. The van der Waals surface area contributed by atoms with E-state index in [9.17, 15) is 68.4 Å². The van der Waals surface area contributed by atoms with Crippen molar-refractivity contribution < 1.29 is 97.5 Å². The van der Waals surface area contributed by atoms with Gasteiger partial charge in [0.1, 0.15) is 23.8 Å². The first kappa shape index (κ1) is 63.0. The van der Waals surface area contributed by atoms with Crippen LogP contribution in [0.1, 0.15) is 80.8 Å². The van der Waals surface area contributed by atoms with Gasteiger partial charge in [-0.2, -0.15) is 0 Å². The van der Waals surface area contributed by atoms with Gasteiger partial charge in [-0.05, 0) is 59.7 Å². The first-order valence-corrected chi connectivity index (χ1v) is 24.7. The topological polar surface area (TPSA) is 422 Å². The number of ether oxygens (including phenoxy) is 4. The third-order valence-corrected chi connectivity index (χ3v) is 11.6. The summed E-state index contributed by atoms with van der Waals surface area (Å²) in [4.78, 5) is 122. The molecule has 4 rings (SSSR count). The first-order chi connectivity index (χ1) is 37.7. The standard InChI is InChI=1S/C52H63N7O20/c53-13-14-76-15-16-77-17-18-78-19-20-79-30-38-29-59(58-57-38)39-26-35(43(60)23-33-5-1-31(2-6-33)21-37(48(67)68)28-45(62)54-40(49(69)70)9-11-46(63)64)25-36(27-39)44(61)24-34-7-3-32(4-8-34)22-42(51(73)74)56-52(75)55-41(50(71)72)10-12-47(65)66/h1-8,25-27,29,37,40-42H,9-24,28,30,53H2,(H,54,62)(H,63,64)(H,65,66)(H,67,68)(H,69,70)(H,71,72)(H,73,74)(H2,55,56,75)/t37-,40+,41+,42+/m1/s1. The van der Waals surface area contributed by atoms with Crippen LogP contribution in [0.5, 0.6) is 0 Å². The normalized spacial score (nSPS) is 12.6. The molecule has 3 amide bonds. The van der Waals surface area contributed by atoms with E-state index in [-0.39, 0.29) is 56.6 Å². The predicted molar refractivity (Wildman–Crippen MR) is 272 cm³/mol. The Morgan fingerprint density at radius 3 is 1.44 bits per heavy atom. The second-order valence-corrected chi connectivity index (χ2v) is 17.8. The summed E-state index contributed by atoms with van der Waals surface area (Å²) in [6.07, 6.45) is -1.74. The number of carboxylic acids is 6. The average molecular weight is 1110 g/mol. The van der Waals surface area contributed by atoms with Crippen molar-refractivity contribution in [2.24, 2.45) is 11.7 Å². The van der Waals surface area contributed by atoms with Crippen LogP contribution in [0.25, 0.3) is 5.69 Å². The number of ketones is 2. The van der Waals surface area contributed by atoms with Crippen LogP contribution in [-0.4, -0.2) is 176 Å². The fourth-order valence-electron chi connectivity index (χ4n) is 7.49. The number of hydrogen-bond acceptors (Lipinski definition) is 17. The van der Waals surface area contributed by atoms with Crippen LogP contribution in [0.15, 0.2) is 72.9 Å². The summed E-state index contributed by atoms with van der Waals surface area (Å²) in [5.74, 6) is -11.3. The molecule has 1 heterocycles. The Hall–Kier alpha value is -8.50. The molecule has 426 valence electrons. The second kappa shape index (κ2) is 32.9. The largest absolute Gasteiger partial charge is 0.481 e. The van der Waals surface area contributed by atoms with Crippen molar-refractivity contribution in [3.05, 3.63) is 112 Å². The number of aromatic nitrogens is 3. The number of urea groups is 1. The van der Waals surface area contributed by atoms with E-state index in [1.165, 1.54) is 35.0 Å². The van der Waals surface area contributed by atoms with Crippen LogP contribution >= 0.6 is 0 Å². The number of carbonyl (C=O) groups is 10. The van der Waals surface area contributed by atoms with Gasteiger partial charge in [-0.15, -0.1) is 5.10 Å². The minimum Gasteiger partial charge on any atom is -0.481 e. The number of nitrogens with zero attached hydrogens (tertiary/aromatic N) is 3. The SMILES string of the molecule is NCCOCCOCCOCCOCc1cn(-c2cc(C(=O)Cc3ccc(C[C@H](CC(=O)N[C@@H](CCC(=O)O)C(=O)O)C(=O)O)cc3)cc(C(=O)Cc3ccc(C[C@H](NC(=O)N[C@@H](CCC(=O)O)C(=O)O)C(=O)O)cc3)c2)nn1. The van der Waals surface area contributed by atoms with Crippen molar-refractivity contribution >= 4 is 59.3 Å². The lowest BCUT2D eigenvalue weighted by Gasteiger charge is -2.18. The quantitative estimate of drug-likeness (QED) is 0.0222. The lowest BCUT2D eigenvalue weighted by Crippen LogP contribution is -2.51. The van der Waals surface area contributed by atoms with Crippen molar-refractivity contribution in [3.63, 3.8) is 0 Å². The lowest BCUT2D eigenvalue weighted by atomic mass is 9.93. The Balaban J connectivity index is 1.48. The van der Waals surface area contributed by atoms with Gasteiger partial charge in [-0.1, -0.05) is 53.7 Å². The number of carboxylic acid groups (broad SMARTS) is 6. The zero-order chi connectivity index (χ0) is 57.9. The van der Waals surface area contributed by atoms with Crippen molar-refractivity contribution in [1.29, 1.82) is 0 Å². The Labute approximate surface area is 451 Å². The molecule has 11 N–H and O–H groups in total. The number of rotatable bonds is 39. The molecule has 0 fully saturated rings. The summed E-state index contributed by atoms with van der Waals surface area (Å²) in [7, 11) is 0. The smallest absolute Gasteiger partial charge is 0.326 e. The third kappa shape index (κ3) is 23.3. The molecule has 27 nitrogen and oxygen atoms in total. The molecule has 0 radical (unpaired) electrons. The Morgan fingerprint density at radius 1 is 0.532 bits per heavy atom. The molecule has 0 spiro atoms. The van der Waals surface area contributed by atoms with Crippen LogP contribution in [0.2, 0.25) is 0 Å². The van der Waals surface area contributed by atoms with Gasteiger partial charge < -0.3 is 71.3 Å². The summed E-state index contributed by atoms with van der Waals surface area (Å²) >= 11 is 0. The molecular formula is C52H63N7O20. The number of nitrogens with two attached hydrogens (primary N) is 1. The molecule has 0 aliphatic heterocycles. The lowest BCUT2D eigenvalue weighted by molar-refractivity contribution is -0.145. The van der Waals surface area contributed by atoms with E-state index in [1.807, 2.05) is 0 Å². The molecule has 0 aliphatic rings. The number of aliphatic carboxylic acids is 6. The van der Waals surface area contributed by atoms with Gasteiger partial charge in [0.2, 0.25) is 5.91 Å². The molecule has 0 bridgehead atoms. The number of amides is 3. The number of nitrogens with one attached hydrogen (secondary N) is 3. The summed E-state index contributed by atoms with van der Waals surface area (Å²) < 4.78 is 23.2. The highest BCUT2D eigenvalue weighted by atomic mass is 16.6. The zero-order valence-electron chi connectivity index (χ0n) is 42.8. The summed E-state index contributed by atoms with van der Waals surface area (Å²) in [6.45, 7) is 2.95. The second-order valence-electron chi connectivity index (χ2n) is 17.8. The van der Waals surface area contributed by atoms with Crippen LogP contribution < -0.4 is 21.7 Å². The summed E-state index contributed by atoms with van der Waals surface area (Å²) in [5.41, 5.74) is 8.21. The average Bonchev–Trinajstić information content (AvgIpc) is 3.94. The van der Waals surface area contributed by atoms with E-state index in [1.54, 1.807) is 42.6 Å². The van der Waals surface area contributed by atoms with Gasteiger partial charge in [0.05, 0.1) is 70.7 Å². The number of Topliss-reactive ketones (excluding diaryl/α,β-unsaturated/α-hetero) is 2. The van der Waals surface area contributed by atoms with Crippen LogP contribution in [-0.2, 0) is 84.8 Å². The number of hydrogen-bond donors (Lipinski definition) is 10. The van der Waals surface area contributed by atoms with E-state index < -0.39 is 115 Å². The van der Waals surface area contributed by atoms with Crippen molar-refractivity contribution in [3.8, 4) is 5.69 Å². The monoisotopic (exact) mass is 1110 g/mol. The van der Waals surface area contributed by atoms with E-state index >= 15 is 0 Å². The van der Waals surface area contributed by atoms with Gasteiger partial charge in [-0.3, -0.25) is 28.8 Å². The van der Waals surface area contributed by atoms with Crippen molar-refractivity contribution in [2.75, 3.05) is 52.8 Å². The van der Waals surface area contributed by atoms with Gasteiger partial charge in [0.15, 0.2) is 11.6 Å².